The van der Waals surface area contributed by atoms with E-state index in [-0.39, 0.29) is 11.4 Å². The van der Waals surface area contributed by atoms with Crippen LogP contribution in [-0.4, -0.2) is 15.9 Å². The number of hydrogen-bond donors (Lipinski definition) is 2. The van der Waals surface area contributed by atoms with Gasteiger partial charge in [-0.25, -0.2) is 14.4 Å². The number of para-hydroxylation sites is 2. The Morgan fingerprint density at radius 3 is 2.59 bits per heavy atom. The van der Waals surface area contributed by atoms with E-state index in [4.69, 9.17) is 0 Å². The Bertz CT molecular complexity index is 988. The van der Waals surface area contributed by atoms with Gasteiger partial charge < -0.3 is 10.6 Å². The summed E-state index contributed by atoms with van der Waals surface area (Å²) in [6, 6.07) is 13.6. The highest BCUT2D eigenvalue weighted by Gasteiger charge is 2.14. The van der Waals surface area contributed by atoms with Crippen LogP contribution in [0.15, 0.2) is 48.5 Å². The van der Waals surface area contributed by atoms with Crippen LogP contribution >= 0.6 is 0 Å². The summed E-state index contributed by atoms with van der Waals surface area (Å²) in [6.07, 6.45) is 0.858. The molecule has 1 amide bonds. The molecule has 3 aromatic rings. The zero-order valence-corrected chi connectivity index (χ0v) is 15.5. The maximum Gasteiger partial charge on any atom is 0.274 e. The van der Waals surface area contributed by atoms with Crippen LogP contribution in [0.4, 0.5) is 21.7 Å². The number of benzene rings is 2. The largest absolute Gasteiger partial charge is 0.324 e. The maximum absolute atomic E-state index is 13.8. The van der Waals surface area contributed by atoms with Crippen molar-refractivity contribution >= 4 is 23.2 Å². The summed E-state index contributed by atoms with van der Waals surface area (Å²) in [7, 11) is 0. The second-order valence-corrected chi connectivity index (χ2v) is 6.24. The number of carbonyl (C=O) groups excluding carboxylic acids is 1. The average molecular weight is 364 g/mol. The van der Waals surface area contributed by atoms with Gasteiger partial charge in [0.15, 0.2) is 0 Å². The van der Waals surface area contributed by atoms with Gasteiger partial charge in [-0.2, -0.15) is 0 Å². The molecule has 3 rings (SSSR count). The van der Waals surface area contributed by atoms with Crippen molar-refractivity contribution in [3.05, 3.63) is 76.9 Å². The molecule has 0 saturated heterocycles. The van der Waals surface area contributed by atoms with E-state index in [2.05, 4.69) is 27.5 Å². The van der Waals surface area contributed by atoms with Crippen molar-refractivity contribution < 1.29 is 9.18 Å². The number of hydrogen-bond acceptors (Lipinski definition) is 4. The van der Waals surface area contributed by atoms with Crippen LogP contribution in [-0.2, 0) is 6.42 Å². The number of aromatic nitrogens is 2. The van der Waals surface area contributed by atoms with Crippen LogP contribution in [0.25, 0.3) is 0 Å². The second-order valence-electron chi connectivity index (χ2n) is 6.24. The predicted octanol–water partition coefficient (Wildman–Crippen LogP) is 4.79. The first-order valence-corrected chi connectivity index (χ1v) is 8.75. The van der Waals surface area contributed by atoms with Gasteiger partial charge in [-0.15, -0.1) is 0 Å². The summed E-state index contributed by atoms with van der Waals surface area (Å²) >= 11 is 0. The lowest BCUT2D eigenvalue weighted by atomic mass is 10.1. The average Bonchev–Trinajstić information content (AvgIpc) is 2.64. The van der Waals surface area contributed by atoms with Gasteiger partial charge in [0.05, 0.1) is 5.69 Å². The first-order valence-electron chi connectivity index (χ1n) is 8.75. The van der Waals surface area contributed by atoms with E-state index in [0.29, 0.717) is 11.6 Å². The third kappa shape index (κ3) is 4.28. The van der Waals surface area contributed by atoms with Crippen LogP contribution in [0, 0.1) is 19.7 Å². The molecule has 0 radical (unpaired) electrons. The van der Waals surface area contributed by atoms with E-state index < -0.39 is 11.7 Å². The number of carbonyl (C=O) groups is 1. The first-order chi connectivity index (χ1) is 13.0. The summed E-state index contributed by atoms with van der Waals surface area (Å²) < 4.78 is 13.8. The Morgan fingerprint density at radius 2 is 1.85 bits per heavy atom. The predicted molar refractivity (Wildman–Crippen MR) is 105 cm³/mol. The van der Waals surface area contributed by atoms with Crippen LogP contribution in [0.1, 0.15) is 34.2 Å². The molecule has 1 aromatic heterocycles. The molecule has 0 unspecified atom stereocenters. The molecule has 1 heterocycles. The fourth-order valence-corrected chi connectivity index (χ4v) is 2.80. The highest BCUT2D eigenvalue weighted by molar-refractivity contribution is 6.03. The van der Waals surface area contributed by atoms with Crippen molar-refractivity contribution in [2.75, 3.05) is 10.6 Å². The van der Waals surface area contributed by atoms with E-state index in [1.807, 2.05) is 25.1 Å². The zero-order valence-electron chi connectivity index (χ0n) is 15.5. The lowest BCUT2D eigenvalue weighted by Crippen LogP contribution is -2.16. The summed E-state index contributed by atoms with van der Waals surface area (Å²) in [4.78, 5) is 21.2. The molecule has 0 atom stereocenters. The Morgan fingerprint density at radius 1 is 1.07 bits per heavy atom. The third-order valence-electron chi connectivity index (χ3n) is 4.19. The fourth-order valence-electron chi connectivity index (χ4n) is 2.80. The van der Waals surface area contributed by atoms with Gasteiger partial charge in [0, 0.05) is 11.4 Å². The number of nitrogens with one attached hydrogen (secondary N) is 2. The molecule has 5 nitrogen and oxygen atoms in total. The number of aryl methyl sites for hydroxylation is 3. The molecule has 6 heteroatoms. The lowest BCUT2D eigenvalue weighted by Gasteiger charge is -2.14. The zero-order chi connectivity index (χ0) is 19.4. The van der Waals surface area contributed by atoms with Crippen molar-refractivity contribution in [3.63, 3.8) is 0 Å². The first kappa shape index (κ1) is 18.5. The SMILES string of the molecule is CCc1cccc(C)c1Nc1nc(C)cc(C(=O)Nc2ccccc2F)n1. The van der Waals surface area contributed by atoms with Crippen LogP contribution in [0.2, 0.25) is 0 Å². The Balaban J connectivity index is 1.89. The number of amides is 1. The van der Waals surface area contributed by atoms with Crippen LogP contribution in [0.3, 0.4) is 0 Å². The van der Waals surface area contributed by atoms with Crippen molar-refractivity contribution in [1.29, 1.82) is 0 Å². The molecule has 0 bridgehead atoms. The topological polar surface area (TPSA) is 66.9 Å². The minimum atomic E-state index is -0.498. The summed E-state index contributed by atoms with van der Waals surface area (Å²) in [5.41, 5.74) is 4.05. The van der Waals surface area contributed by atoms with Gasteiger partial charge in [-0.1, -0.05) is 37.3 Å². The lowest BCUT2D eigenvalue weighted by molar-refractivity contribution is 0.102. The van der Waals surface area contributed by atoms with Gasteiger partial charge in [0.1, 0.15) is 11.5 Å². The van der Waals surface area contributed by atoms with E-state index in [0.717, 1.165) is 23.2 Å². The summed E-state index contributed by atoms with van der Waals surface area (Å²) in [5, 5.41) is 5.77. The molecular formula is C21H21FN4O. The molecule has 27 heavy (non-hydrogen) atoms. The highest BCUT2D eigenvalue weighted by Crippen LogP contribution is 2.24. The van der Waals surface area contributed by atoms with Gasteiger partial charge in [0.2, 0.25) is 5.95 Å². The molecule has 2 aromatic carbocycles. The monoisotopic (exact) mass is 364 g/mol. The number of halogens is 1. The van der Waals surface area contributed by atoms with Crippen molar-refractivity contribution in [3.8, 4) is 0 Å². The molecular weight excluding hydrogens is 343 g/mol. The van der Waals surface area contributed by atoms with E-state index >= 15 is 0 Å². The van der Waals surface area contributed by atoms with Crippen molar-refractivity contribution in [2.24, 2.45) is 0 Å². The van der Waals surface area contributed by atoms with Gasteiger partial charge >= 0.3 is 0 Å². The van der Waals surface area contributed by atoms with Crippen molar-refractivity contribution in [2.45, 2.75) is 27.2 Å². The van der Waals surface area contributed by atoms with E-state index in [9.17, 15) is 9.18 Å². The Labute approximate surface area is 157 Å². The summed E-state index contributed by atoms with van der Waals surface area (Å²) in [6.45, 7) is 5.86. The molecule has 0 aliphatic rings. The molecule has 0 fully saturated rings. The quantitative estimate of drug-likeness (QED) is 0.683. The third-order valence-corrected chi connectivity index (χ3v) is 4.19. The number of anilines is 3. The normalized spacial score (nSPS) is 10.5. The molecule has 0 aliphatic carbocycles. The fraction of sp³-hybridized carbons (Fsp3) is 0.190. The minimum absolute atomic E-state index is 0.112. The number of nitrogens with zero attached hydrogens (tertiary/aromatic N) is 2. The van der Waals surface area contributed by atoms with E-state index in [1.165, 1.54) is 12.1 Å². The van der Waals surface area contributed by atoms with Crippen LogP contribution < -0.4 is 10.6 Å². The standard InChI is InChI=1S/C21H21FN4O/c1-4-15-9-7-8-13(2)19(15)26-21-23-14(3)12-18(25-21)20(27)24-17-11-6-5-10-16(17)22/h5-12H,4H2,1-3H3,(H,24,27)(H,23,25,26). The molecule has 0 aliphatic heterocycles. The van der Waals surface area contributed by atoms with Crippen LogP contribution in [0.5, 0.6) is 0 Å². The van der Waals surface area contributed by atoms with E-state index in [1.54, 1.807) is 25.1 Å². The molecule has 0 saturated carbocycles. The summed E-state index contributed by atoms with van der Waals surface area (Å²) in [5.74, 6) is -0.658. The maximum atomic E-state index is 13.8. The highest BCUT2D eigenvalue weighted by atomic mass is 19.1. The minimum Gasteiger partial charge on any atom is -0.324 e. The van der Waals surface area contributed by atoms with Gasteiger partial charge in [-0.05, 0) is 49.6 Å². The molecule has 138 valence electrons. The molecule has 0 spiro atoms. The van der Waals surface area contributed by atoms with Gasteiger partial charge in [-0.3, -0.25) is 4.79 Å². The van der Waals surface area contributed by atoms with Crippen molar-refractivity contribution in [1.82, 2.24) is 9.97 Å². The Hall–Kier alpha value is -3.28. The smallest absolute Gasteiger partial charge is 0.274 e. The second kappa shape index (κ2) is 7.95. The number of rotatable bonds is 5. The Kier molecular flexibility index (Phi) is 5.45. The van der Waals surface area contributed by atoms with Gasteiger partial charge in [0.25, 0.3) is 5.91 Å². The molecule has 2 N–H and O–H groups in total.